The number of nitrogens with zero attached hydrogens (tertiary/aromatic N) is 2. The first-order valence-electron chi connectivity index (χ1n) is 3.89. The van der Waals surface area contributed by atoms with Crippen molar-refractivity contribution in [2.24, 2.45) is 0 Å². The molecule has 78 valence electrons. The van der Waals surface area contributed by atoms with Crippen LogP contribution >= 0.6 is 22.6 Å². The van der Waals surface area contributed by atoms with Gasteiger partial charge in [-0.25, -0.2) is 13.4 Å². The van der Waals surface area contributed by atoms with Gasteiger partial charge in [0.2, 0.25) is 10.0 Å². The number of aryl methyl sites for hydroxylation is 1. The molecule has 0 bridgehead atoms. The predicted octanol–water partition coefficient (Wildman–Crippen LogP) is 1.39. The van der Waals surface area contributed by atoms with E-state index in [2.05, 4.69) is 27.6 Å². The van der Waals surface area contributed by atoms with Gasteiger partial charge in [-0.05, 0) is 41.6 Å². The Morgan fingerprint density at radius 1 is 1.43 bits per heavy atom. The first-order valence-corrected chi connectivity index (χ1v) is 6.81. The molecule has 1 aromatic rings. The maximum Gasteiger partial charge on any atom is 0.233 e. The lowest BCUT2D eigenvalue weighted by atomic mass is 10.4. The van der Waals surface area contributed by atoms with Crippen LogP contribution in [-0.2, 0) is 10.0 Å². The average molecular weight is 326 g/mol. The number of hydrogen-bond acceptors (Lipinski definition) is 3. The largest absolute Gasteiger partial charge is 0.257 e. The summed E-state index contributed by atoms with van der Waals surface area (Å²) >= 11 is 2.13. The summed E-state index contributed by atoms with van der Waals surface area (Å²) < 4.78 is 24.6. The van der Waals surface area contributed by atoms with Crippen molar-refractivity contribution in [1.82, 2.24) is 4.98 Å². The minimum atomic E-state index is -3.22. The molecule has 0 saturated heterocycles. The Hall–Kier alpha value is -0.370. The maximum atomic E-state index is 11.2. The van der Waals surface area contributed by atoms with Crippen molar-refractivity contribution in [3.05, 3.63) is 21.4 Å². The van der Waals surface area contributed by atoms with Gasteiger partial charge in [-0.15, -0.1) is 0 Å². The SMILES string of the molecule is Cc1cc(I)cc(N(C)S(C)(=O)=O)n1. The number of rotatable bonds is 2. The van der Waals surface area contributed by atoms with Crippen molar-refractivity contribution >= 4 is 38.4 Å². The van der Waals surface area contributed by atoms with Crippen molar-refractivity contribution in [1.29, 1.82) is 0 Å². The van der Waals surface area contributed by atoms with Crippen molar-refractivity contribution in [3.63, 3.8) is 0 Å². The third kappa shape index (κ3) is 2.81. The maximum absolute atomic E-state index is 11.2. The zero-order chi connectivity index (χ0) is 10.9. The molecule has 0 saturated carbocycles. The van der Waals surface area contributed by atoms with Gasteiger partial charge >= 0.3 is 0 Å². The summed E-state index contributed by atoms with van der Waals surface area (Å²) in [4.78, 5) is 4.14. The fourth-order valence-electron chi connectivity index (χ4n) is 0.941. The number of pyridine rings is 1. The lowest BCUT2D eigenvalue weighted by molar-refractivity contribution is 0.600. The second kappa shape index (κ2) is 4.01. The molecule has 1 heterocycles. The molecule has 14 heavy (non-hydrogen) atoms. The van der Waals surface area contributed by atoms with Crippen molar-refractivity contribution < 1.29 is 8.42 Å². The zero-order valence-electron chi connectivity index (χ0n) is 8.15. The Labute approximate surface area is 97.5 Å². The van der Waals surface area contributed by atoms with E-state index in [1.54, 1.807) is 6.07 Å². The Morgan fingerprint density at radius 2 is 2.00 bits per heavy atom. The van der Waals surface area contributed by atoms with Gasteiger partial charge in [0.25, 0.3) is 0 Å². The molecule has 0 aromatic carbocycles. The normalized spacial score (nSPS) is 11.4. The second-order valence-corrected chi connectivity index (χ2v) is 6.27. The van der Waals surface area contributed by atoms with Crippen LogP contribution < -0.4 is 4.31 Å². The molecule has 1 aromatic heterocycles. The summed E-state index contributed by atoms with van der Waals surface area (Å²) in [5.41, 5.74) is 0.808. The quantitative estimate of drug-likeness (QED) is 0.772. The minimum Gasteiger partial charge on any atom is -0.257 e. The first kappa shape index (κ1) is 11.7. The van der Waals surface area contributed by atoms with Gasteiger partial charge in [0, 0.05) is 16.3 Å². The highest BCUT2D eigenvalue weighted by molar-refractivity contribution is 14.1. The molecular weight excluding hydrogens is 315 g/mol. The van der Waals surface area contributed by atoms with Crippen molar-refractivity contribution in [3.8, 4) is 0 Å². The van der Waals surface area contributed by atoms with Gasteiger partial charge < -0.3 is 0 Å². The van der Waals surface area contributed by atoms with Crippen LogP contribution in [0.25, 0.3) is 0 Å². The Morgan fingerprint density at radius 3 is 2.43 bits per heavy atom. The highest BCUT2D eigenvalue weighted by atomic mass is 127. The lowest BCUT2D eigenvalue weighted by Gasteiger charge is -2.15. The van der Waals surface area contributed by atoms with E-state index in [0.717, 1.165) is 15.5 Å². The predicted molar refractivity (Wildman–Crippen MR) is 64.9 cm³/mol. The monoisotopic (exact) mass is 326 g/mol. The summed E-state index contributed by atoms with van der Waals surface area (Å²) in [6, 6.07) is 3.62. The average Bonchev–Trinajstić information content (AvgIpc) is 1.99. The summed E-state index contributed by atoms with van der Waals surface area (Å²) in [5.74, 6) is 0.455. The smallest absolute Gasteiger partial charge is 0.233 e. The number of hydrogen-bond donors (Lipinski definition) is 0. The van der Waals surface area contributed by atoms with Crippen LogP contribution in [0.2, 0.25) is 0 Å². The highest BCUT2D eigenvalue weighted by Crippen LogP contribution is 2.16. The third-order valence-electron chi connectivity index (χ3n) is 1.72. The third-order valence-corrected chi connectivity index (χ3v) is 3.53. The lowest BCUT2D eigenvalue weighted by Crippen LogP contribution is -2.26. The van der Waals surface area contributed by atoms with E-state index < -0.39 is 10.0 Å². The molecule has 0 spiro atoms. The Bertz CT molecular complexity index is 424. The molecule has 0 amide bonds. The Kier molecular flexibility index (Phi) is 3.36. The van der Waals surface area contributed by atoms with Crippen LogP contribution in [0.15, 0.2) is 12.1 Å². The molecular formula is C8H11IN2O2S. The van der Waals surface area contributed by atoms with E-state index in [1.807, 2.05) is 13.0 Å². The molecule has 0 radical (unpaired) electrons. The van der Waals surface area contributed by atoms with Crippen LogP contribution in [0, 0.1) is 10.5 Å². The van der Waals surface area contributed by atoms with E-state index in [4.69, 9.17) is 0 Å². The van der Waals surface area contributed by atoms with E-state index in [-0.39, 0.29) is 0 Å². The van der Waals surface area contributed by atoms with E-state index in [9.17, 15) is 8.42 Å². The molecule has 1 rings (SSSR count). The number of halogens is 1. The first-order chi connectivity index (χ1) is 6.30. The van der Waals surface area contributed by atoms with E-state index in [0.29, 0.717) is 5.82 Å². The van der Waals surface area contributed by atoms with Crippen LogP contribution in [0.4, 0.5) is 5.82 Å². The van der Waals surface area contributed by atoms with Gasteiger partial charge in [-0.2, -0.15) is 0 Å². The highest BCUT2D eigenvalue weighted by Gasteiger charge is 2.13. The van der Waals surface area contributed by atoms with Crippen molar-refractivity contribution in [2.45, 2.75) is 6.92 Å². The zero-order valence-corrected chi connectivity index (χ0v) is 11.1. The summed E-state index contributed by atoms with van der Waals surface area (Å²) in [5, 5.41) is 0. The fraction of sp³-hybridized carbons (Fsp3) is 0.375. The van der Waals surface area contributed by atoms with Crippen LogP contribution in [0.1, 0.15) is 5.69 Å². The summed E-state index contributed by atoms with van der Waals surface area (Å²) in [6.07, 6.45) is 1.16. The number of aromatic nitrogens is 1. The molecule has 0 N–H and O–H groups in total. The minimum absolute atomic E-state index is 0.455. The second-order valence-electron chi connectivity index (χ2n) is 3.02. The summed E-state index contributed by atoms with van der Waals surface area (Å²) in [7, 11) is -1.73. The van der Waals surface area contributed by atoms with Gasteiger partial charge in [-0.1, -0.05) is 0 Å². The van der Waals surface area contributed by atoms with Crippen LogP contribution in [-0.4, -0.2) is 26.7 Å². The molecule has 0 fully saturated rings. The van der Waals surface area contributed by atoms with Crippen LogP contribution in [0.5, 0.6) is 0 Å². The van der Waals surface area contributed by atoms with Gasteiger partial charge in [0.05, 0.1) is 6.26 Å². The van der Waals surface area contributed by atoms with Gasteiger partial charge in [0.15, 0.2) is 0 Å². The van der Waals surface area contributed by atoms with Gasteiger partial charge in [-0.3, -0.25) is 4.31 Å². The Balaban J connectivity index is 3.20. The van der Waals surface area contributed by atoms with Crippen LogP contribution in [0.3, 0.4) is 0 Å². The molecule has 6 heteroatoms. The molecule has 0 aliphatic rings. The molecule has 0 atom stereocenters. The standard InChI is InChI=1S/C8H11IN2O2S/c1-6-4-7(9)5-8(10-6)11(2)14(3,12)13/h4-5H,1-3H3. The number of sulfonamides is 1. The van der Waals surface area contributed by atoms with E-state index in [1.165, 1.54) is 11.4 Å². The van der Waals surface area contributed by atoms with E-state index >= 15 is 0 Å². The van der Waals surface area contributed by atoms with Crippen molar-refractivity contribution in [2.75, 3.05) is 17.6 Å². The topological polar surface area (TPSA) is 50.3 Å². The molecule has 0 unspecified atom stereocenters. The molecule has 0 aliphatic heterocycles. The number of anilines is 1. The summed E-state index contributed by atoms with van der Waals surface area (Å²) in [6.45, 7) is 1.84. The fourth-order valence-corrected chi connectivity index (χ4v) is 2.10. The molecule has 0 aliphatic carbocycles. The van der Waals surface area contributed by atoms with Gasteiger partial charge in [0.1, 0.15) is 5.82 Å². The molecule has 4 nitrogen and oxygen atoms in total.